The monoisotopic (exact) mass is 465 g/mol. The Morgan fingerprint density at radius 3 is 2.59 bits per heavy atom. The number of rotatable bonds is 7. The first-order valence-electron chi connectivity index (χ1n) is 11.4. The fraction of sp³-hybridized carbons (Fsp3) is 0.458. The molecule has 0 fully saturated rings. The normalized spacial score (nSPS) is 11.8. The van der Waals surface area contributed by atoms with Gasteiger partial charge in [-0.25, -0.2) is 9.78 Å². The summed E-state index contributed by atoms with van der Waals surface area (Å²) in [5.74, 6) is 2.24. The zero-order valence-electron chi connectivity index (χ0n) is 20.5. The fourth-order valence-electron chi connectivity index (χ4n) is 3.90. The van der Waals surface area contributed by atoms with E-state index in [1.807, 2.05) is 58.1 Å². The van der Waals surface area contributed by atoms with E-state index in [0.717, 1.165) is 52.3 Å². The molecule has 4 aromatic rings. The SMILES string of the molecule is Cc1noc(C)c1-c1ccc2nc(NCCCCNC(=O)OC(C)(C)C)c3nnc(C)n3c2c1. The number of unbranched alkanes of at least 4 members (excludes halogenated alkanes) is 1. The highest BCUT2D eigenvalue weighted by molar-refractivity contribution is 5.87. The number of hydrogen-bond donors (Lipinski definition) is 2. The molecule has 0 radical (unpaired) electrons. The van der Waals surface area contributed by atoms with Crippen molar-refractivity contribution >= 4 is 28.6 Å². The minimum absolute atomic E-state index is 0.395. The van der Waals surface area contributed by atoms with Gasteiger partial charge in [0.2, 0.25) is 5.65 Å². The molecule has 0 aliphatic rings. The van der Waals surface area contributed by atoms with Crippen molar-refractivity contribution in [3.05, 3.63) is 35.5 Å². The van der Waals surface area contributed by atoms with Crippen molar-refractivity contribution in [2.45, 2.75) is 60.0 Å². The van der Waals surface area contributed by atoms with Crippen LogP contribution in [0.3, 0.4) is 0 Å². The topological polar surface area (TPSA) is 119 Å². The summed E-state index contributed by atoms with van der Waals surface area (Å²) in [6, 6.07) is 6.09. The number of hydrogen-bond acceptors (Lipinski definition) is 8. The van der Waals surface area contributed by atoms with E-state index in [2.05, 4.69) is 32.1 Å². The van der Waals surface area contributed by atoms with Crippen LogP contribution < -0.4 is 10.6 Å². The zero-order chi connectivity index (χ0) is 24.5. The number of nitrogens with one attached hydrogen (secondary N) is 2. The smallest absolute Gasteiger partial charge is 0.407 e. The summed E-state index contributed by atoms with van der Waals surface area (Å²) in [6.45, 7) is 12.5. The molecular weight excluding hydrogens is 434 g/mol. The number of carbonyl (C=O) groups is 1. The van der Waals surface area contributed by atoms with E-state index in [-0.39, 0.29) is 0 Å². The van der Waals surface area contributed by atoms with Gasteiger partial charge < -0.3 is 19.9 Å². The number of aryl methyl sites for hydroxylation is 3. The minimum atomic E-state index is -0.497. The second-order valence-electron chi connectivity index (χ2n) is 9.33. The molecule has 4 rings (SSSR count). The highest BCUT2D eigenvalue weighted by Gasteiger charge is 2.17. The molecule has 3 heterocycles. The molecule has 3 aromatic heterocycles. The Labute approximate surface area is 198 Å². The molecule has 0 atom stereocenters. The van der Waals surface area contributed by atoms with Gasteiger partial charge in [-0.15, -0.1) is 10.2 Å². The summed E-state index contributed by atoms with van der Waals surface area (Å²) in [5, 5.41) is 18.9. The van der Waals surface area contributed by atoms with Gasteiger partial charge in [0.05, 0.1) is 16.7 Å². The molecular formula is C24H31N7O3. The van der Waals surface area contributed by atoms with Crippen molar-refractivity contribution in [3.8, 4) is 11.1 Å². The third kappa shape index (κ3) is 4.95. The average molecular weight is 466 g/mol. The van der Waals surface area contributed by atoms with Gasteiger partial charge in [0.25, 0.3) is 0 Å². The lowest BCUT2D eigenvalue weighted by atomic mass is 10.0. The maximum absolute atomic E-state index is 11.7. The fourth-order valence-corrected chi connectivity index (χ4v) is 3.90. The van der Waals surface area contributed by atoms with Crippen LogP contribution in [-0.2, 0) is 4.74 Å². The van der Waals surface area contributed by atoms with E-state index < -0.39 is 11.7 Å². The van der Waals surface area contributed by atoms with E-state index in [0.29, 0.717) is 24.6 Å². The number of fused-ring (bicyclic) bond motifs is 3. The largest absolute Gasteiger partial charge is 0.444 e. The molecule has 0 spiro atoms. The Balaban J connectivity index is 1.48. The first kappa shape index (κ1) is 23.5. The number of carbonyl (C=O) groups excluding carboxylic acids is 1. The molecule has 34 heavy (non-hydrogen) atoms. The number of alkyl carbamates (subject to hydrolysis) is 1. The van der Waals surface area contributed by atoms with E-state index in [1.54, 1.807) is 0 Å². The van der Waals surface area contributed by atoms with E-state index in [9.17, 15) is 4.79 Å². The van der Waals surface area contributed by atoms with Gasteiger partial charge in [-0.2, -0.15) is 0 Å². The first-order chi connectivity index (χ1) is 16.1. The Morgan fingerprint density at radius 1 is 1.12 bits per heavy atom. The standard InChI is InChI=1S/C24H31N7O3/c1-14-20(15(2)34-30-14)17-9-10-18-19(13-17)31-16(3)28-29-22(31)21(27-18)25-11-7-8-12-26-23(32)33-24(4,5)6/h9-10,13H,7-8,11-12H2,1-6H3,(H,25,27)(H,26,32). The number of aromatic nitrogens is 5. The lowest BCUT2D eigenvalue weighted by Gasteiger charge is -2.19. The maximum Gasteiger partial charge on any atom is 0.407 e. The molecule has 0 unspecified atom stereocenters. The van der Waals surface area contributed by atoms with Gasteiger partial charge >= 0.3 is 6.09 Å². The van der Waals surface area contributed by atoms with Crippen LogP contribution in [0.25, 0.3) is 27.8 Å². The maximum atomic E-state index is 11.7. The average Bonchev–Trinajstić information content (AvgIpc) is 3.31. The summed E-state index contributed by atoms with van der Waals surface area (Å²) in [5.41, 5.74) is 4.78. The summed E-state index contributed by atoms with van der Waals surface area (Å²) >= 11 is 0. The summed E-state index contributed by atoms with van der Waals surface area (Å²) in [6.07, 6.45) is 1.26. The lowest BCUT2D eigenvalue weighted by molar-refractivity contribution is 0.0527. The van der Waals surface area contributed by atoms with Gasteiger partial charge in [-0.1, -0.05) is 11.2 Å². The molecule has 1 amide bonds. The third-order valence-corrected chi connectivity index (χ3v) is 5.37. The molecule has 10 heteroatoms. The predicted molar refractivity (Wildman–Crippen MR) is 130 cm³/mol. The lowest BCUT2D eigenvalue weighted by Crippen LogP contribution is -2.33. The van der Waals surface area contributed by atoms with Crippen LogP contribution in [0.5, 0.6) is 0 Å². The molecule has 0 saturated heterocycles. The highest BCUT2D eigenvalue weighted by Crippen LogP contribution is 2.30. The predicted octanol–water partition coefficient (Wildman–Crippen LogP) is 4.57. The first-order valence-corrected chi connectivity index (χ1v) is 11.4. The molecule has 0 saturated carbocycles. The number of anilines is 1. The molecule has 1 aromatic carbocycles. The Morgan fingerprint density at radius 2 is 1.88 bits per heavy atom. The zero-order valence-corrected chi connectivity index (χ0v) is 20.5. The van der Waals surface area contributed by atoms with Crippen LogP contribution in [-0.4, -0.2) is 49.5 Å². The Kier molecular flexibility index (Phi) is 6.41. The van der Waals surface area contributed by atoms with Crippen molar-refractivity contribution in [1.29, 1.82) is 0 Å². The van der Waals surface area contributed by atoms with Gasteiger partial charge in [0.15, 0.2) is 5.82 Å². The van der Waals surface area contributed by atoms with Crippen molar-refractivity contribution < 1.29 is 14.1 Å². The molecule has 0 aliphatic carbocycles. The second-order valence-corrected chi connectivity index (χ2v) is 9.33. The number of benzene rings is 1. The third-order valence-electron chi connectivity index (χ3n) is 5.37. The van der Waals surface area contributed by atoms with Crippen LogP contribution in [0.1, 0.15) is 50.9 Å². The summed E-state index contributed by atoms with van der Waals surface area (Å²) in [7, 11) is 0. The molecule has 10 nitrogen and oxygen atoms in total. The van der Waals surface area contributed by atoms with E-state index in [4.69, 9.17) is 14.2 Å². The van der Waals surface area contributed by atoms with Crippen molar-refractivity contribution in [3.63, 3.8) is 0 Å². The van der Waals surface area contributed by atoms with Crippen LogP contribution in [0, 0.1) is 20.8 Å². The van der Waals surface area contributed by atoms with Crippen molar-refractivity contribution in [2.75, 3.05) is 18.4 Å². The van der Waals surface area contributed by atoms with Crippen LogP contribution in [0.2, 0.25) is 0 Å². The van der Waals surface area contributed by atoms with Gasteiger partial charge in [-0.3, -0.25) is 4.40 Å². The Bertz CT molecular complexity index is 1310. The number of ether oxygens (including phenoxy) is 1. The molecule has 0 bridgehead atoms. The second kappa shape index (κ2) is 9.28. The minimum Gasteiger partial charge on any atom is -0.444 e. The van der Waals surface area contributed by atoms with Crippen molar-refractivity contribution in [1.82, 2.24) is 30.1 Å². The number of amides is 1. The molecule has 0 aliphatic heterocycles. The van der Waals surface area contributed by atoms with E-state index in [1.165, 1.54) is 0 Å². The molecule has 180 valence electrons. The van der Waals surface area contributed by atoms with Gasteiger partial charge in [0.1, 0.15) is 17.2 Å². The van der Waals surface area contributed by atoms with Crippen LogP contribution >= 0.6 is 0 Å². The van der Waals surface area contributed by atoms with Crippen LogP contribution in [0.4, 0.5) is 10.6 Å². The molecule has 2 N–H and O–H groups in total. The summed E-state index contributed by atoms with van der Waals surface area (Å²) in [4.78, 5) is 16.5. The number of nitrogens with zero attached hydrogens (tertiary/aromatic N) is 5. The van der Waals surface area contributed by atoms with Gasteiger partial charge in [-0.05, 0) is 72.1 Å². The van der Waals surface area contributed by atoms with Gasteiger partial charge in [0, 0.05) is 18.7 Å². The van der Waals surface area contributed by atoms with Crippen molar-refractivity contribution in [2.24, 2.45) is 0 Å². The Hall–Kier alpha value is -3.69. The quantitative estimate of drug-likeness (QED) is 0.381. The van der Waals surface area contributed by atoms with E-state index >= 15 is 0 Å². The highest BCUT2D eigenvalue weighted by atomic mass is 16.6. The van der Waals surface area contributed by atoms with Crippen LogP contribution in [0.15, 0.2) is 22.7 Å². The summed E-state index contributed by atoms with van der Waals surface area (Å²) < 4.78 is 12.6.